The van der Waals surface area contributed by atoms with Gasteiger partial charge in [-0.25, -0.2) is 9.59 Å². The van der Waals surface area contributed by atoms with Crippen LogP contribution in [0.1, 0.15) is 72.1 Å². The first-order valence-electron chi connectivity index (χ1n) is 13.6. The van der Waals surface area contributed by atoms with E-state index in [0.29, 0.717) is 12.0 Å². The van der Waals surface area contributed by atoms with Gasteiger partial charge < -0.3 is 25.0 Å². The molecular weight excluding hydrogens is 510 g/mol. The van der Waals surface area contributed by atoms with Crippen LogP contribution in [0.3, 0.4) is 0 Å². The van der Waals surface area contributed by atoms with E-state index in [4.69, 9.17) is 9.47 Å². The Hall–Kier alpha value is -3.88. The molecule has 0 spiro atoms. The molecule has 0 saturated carbocycles. The third kappa shape index (κ3) is 11.1. The van der Waals surface area contributed by atoms with E-state index in [-0.39, 0.29) is 19.5 Å². The number of ether oxygens (including phenoxy) is 2. The number of carbonyl (C=O) groups excluding carboxylic acids is 4. The van der Waals surface area contributed by atoms with Crippen LogP contribution in [0, 0.1) is 0 Å². The third-order valence-corrected chi connectivity index (χ3v) is 5.53. The van der Waals surface area contributed by atoms with Crippen molar-refractivity contribution in [3.63, 3.8) is 0 Å². The van der Waals surface area contributed by atoms with Crippen LogP contribution < -0.4 is 10.6 Å². The zero-order chi connectivity index (χ0) is 29.9. The standard InChI is InChI=1S/C31H43N3O6/c1-8-19-34(25(35)21-32-29(38)40-31(5,6)7)26(23-17-13-10-14-18-23)27(36)33-24(28(37)39-30(2,3)4)20-22-15-11-9-12-16-22/h9-18,24,26H,8,19-21H2,1-7H3,(H,32,38)(H,33,36). The minimum atomic E-state index is -1.05. The molecule has 2 unspecified atom stereocenters. The number of esters is 1. The van der Waals surface area contributed by atoms with Gasteiger partial charge >= 0.3 is 12.1 Å². The van der Waals surface area contributed by atoms with Gasteiger partial charge in [-0.2, -0.15) is 0 Å². The monoisotopic (exact) mass is 553 g/mol. The SMILES string of the molecule is CCCN(C(=O)CNC(=O)OC(C)(C)C)C(C(=O)NC(Cc1ccccc1)C(=O)OC(C)(C)C)c1ccccc1. The number of alkyl carbamates (subject to hydrolysis) is 1. The van der Waals surface area contributed by atoms with Crippen molar-refractivity contribution in [2.45, 2.75) is 84.6 Å². The summed E-state index contributed by atoms with van der Waals surface area (Å²) < 4.78 is 10.9. The highest BCUT2D eigenvalue weighted by Crippen LogP contribution is 2.23. The van der Waals surface area contributed by atoms with E-state index >= 15 is 0 Å². The van der Waals surface area contributed by atoms with E-state index in [0.717, 1.165) is 5.56 Å². The van der Waals surface area contributed by atoms with Crippen LogP contribution in [-0.2, 0) is 30.3 Å². The van der Waals surface area contributed by atoms with E-state index < -0.39 is 47.2 Å². The first-order chi connectivity index (χ1) is 18.7. The van der Waals surface area contributed by atoms with Crippen LogP contribution in [0.5, 0.6) is 0 Å². The van der Waals surface area contributed by atoms with Crippen LogP contribution in [0.25, 0.3) is 0 Å². The number of benzene rings is 2. The normalized spacial score (nSPS) is 13.0. The second-order valence-electron chi connectivity index (χ2n) is 11.5. The van der Waals surface area contributed by atoms with Crippen molar-refractivity contribution in [2.24, 2.45) is 0 Å². The Morgan fingerprint density at radius 3 is 1.90 bits per heavy atom. The Morgan fingerprint density at radius 1 is 0.825 bits per heavy atom. The smallest absolute Gasteiger partial charge is 0.408 e. The topological polar surface area (TPSA) is 114 Å². The predicted octanol–water partition coefficient (Wildman–Crippen LogP) is 4.56. The number of carbonyl (C=O) groups is 4. The highest BCUT2D eigenvalue weighted by Gasteiger charge is 2.35. The molecule has 218 valence electrons. The summed E-state index contributed by atoms with van der Waals surface area (Å²) in [5, 5.41) is 5.34. The Morgan fingerprint density at radius 2 is 1.38 bits per heavy atom. The van der Waals surface area contributed by atoms with Crippen molar-refractivity contribution in [2.75, 3.05) is 13.1 Å². The first kappa shape index (κ1) is 32.3. The summed E-state index contributed by atoms with van der Waals surface area (Å²) in [6.07, 6.45) is 0.0463. The molecular formula is C31H43N3O6. The van der Waals surface area contributed by atoms with Gasteiger partial charge in [0.25, 0.3) is 0 Å². The molecule has 2 aromatic carbocycles. The summed E-state index contributed by atoms with van der Waals surface area (Å²) in [4.78, 5) is 54.1. The maximum absolute atomic E-state index is 13.9. The molecule has 0 aromatic heterocycles. The molecule has 0 saturated heterocycles. The Labute approximate surface area is 237 Å². The number of nitrogens with zero attached hydrogens (tertiary/aromatic N) is 1. The van der Waals surface area contributed by atoms with E-state index in [2.05, 4.69) is 10.6 Å². The zero-order valence-electron chi connectivity index (χ0n) is 24.7. The lowest BCUT2D eigenvalue weighted by Gasteiger charge is -2.33. The Kier molecular flexibility index (Phi) is 11.7. The molecule has 9 heteroatoms. The van der Waals surface area contributed by atoms with E-state index in [1.807, 2.05) is 43.3 Å². The molecule has 3 amide bonds. The van der Waals surface area contributed by atoms with Gasteiger partial charge in [0.05, 0.1) is 0 Å². The summed E-state index contributed by atoms with van der Waals surface area (Å²) in [7, 11) is 0. The highest BCUT2D eigenvalue weighted by atomic mass is 16.6. The molecule has 2 N–H and O–H groups in total. The summed E-state index contributed by atoms with van der Waals surface area (Å²) in [6.45, 7) is 12.2. The van der Waals surface area contributed by atoms with Gasteiger partial charge in [-0.05, 0) is 59.1 Å². The van der Waals surface area contributed by atoms with Crippen molar-refractivity contribution in [1.82, 2.24) is 15.5 Å². The van der Waals surface area contributed by atoms with Gasteiger partial charge in [-0.15, -0.1) is 0 Å². The second-order valence-corrected chi connectivity index (χ2v) is 11.5. The molecule has 0 radical (unpaired) electrons. The Bertz CT molecular complexity index is 1120. The molecule has 2 rings (SSSR count). The van der Waals surface area contributed by atoms with Gasteiger partial charge in [0, 0.05) is 13.0 Å². The van der Waals surface area contributed by atoms with Crippen LogP contribution in [0.2, 0.25) is 0 Å². The molecule has 9 nitrogen and oxygen atoms in total. The number of nitrogens with one attached hydrogen (secondary N) is 2. The van der Waals surface area contributed by atoms with E-state index in [9.17, 15) is 19.2 Å². The fraction of sp³-hybridized carbons (Fsp3) is 0.484. The fourth-order valence-electron chi connectivity index (χ4n) is 3.98. The average molecular weight is 554 g/mol. The zero-order valence-corrected chi connectivity index (χ0v) is 24.7. The molecule has 2 atom stereocenters. The van der Waals surface area contributed by atoms with E-state index in [1.54, 1.807) is 65.8 Å². The molecule has 0 bridgehead atoms. The maximum atomic E-state index is 13.9. The molecule has 40 heavy (non-hydrogen) atoms. The quantitative estimate of drug-likeness (QED) is 0.395. The minimum absolute atomic E-state index is 0.213. The number of amides is 3. The summed E-state index contributed by atoms with van der Waals surface area (Å²) in [5.74, 6) is -1.57. The van der Waals surface area contributed by atoms with E-state index in [1.165, 1.54) is 4.90 Å². The van der Waals surface area contributed by atoms with Crippen LogP contribution in [0.15, 0.2) is 60.7 Å². The molecule has 0 heterocycles. The predicted molar refractivity (Wildman–Crippen MR) is 153 cm³/mol. The van der Waals surface area contributed by atoms with Crippen molar-refractivity contribution < 1.29 is 28.7 Å². The lowest BCUT2D eigenvalue weighted by atomic mass is 10.0. The highest BCUT2D eigenvalue weighted by molar-refractivity contribution is 5.92. The fourth-order valence-corrected chi connectivity index (χ4v) is 3.98. The number of hydrogen-bond donors (Lipinski definition) is 2. The molecule has 2 aromatic rings. The summed E-state index contributed by atoms with van der Waals surface area (Å²) in [5.41, 5.74) is -0.0645. The number of hydrogen-bond acceptors (Lipinski definition) is 6. The molecule has 0 aliphatic rings. The first-order valence-corrected chi connectivity index (χ1v) is 13.6. The van der Waals surface area contributed by atoms with Crippen molar-refractivity contribution in [1.29, 1.82) is 0 Å². The van der Waals surface area contributed by atoms with Gasteiger partial charge in [-0.1, -0.05) is 67.6 Å². The van der Waals surface area contributed by atoms with Gasteiger partial charge in [-0.3, -0.25) is 9.59 Å². The lowest BCUT2D eigenvalue weighted by Crippen LogP contribution is -2.52. The van der Waals surface area contributed by atoms with Gasteiger partial charge in [0.2, 0.25) is 11.8 Å². The van der Waals surface area contributed by atoms with Crippen LogP contribution >= 0.6 is 0 Å². The molecule has 0 aliphatic carbocycles. The largest absolute Gasteiger partial charge is 0.458 e. The second kappa shape index (κ2) is 14.5. The average Bonchev–Trinajstić information content (AvgIpc) is 2.86. The third-order valence-electron chi connectivity index (χ3n) is 5.53. The molecule has 0 fully saturated rings. The summed E-state index contributed by atoms with van der Waals surface area (Å²) in [6, 6.07) is 16.2. The van der Waals surface area contributed by atoms with Gasteiger partial charge in [0.1, 0.15) is 29.8 Å². The van der Waals surface area contributed by atoms with Crippen molar-refractivity contribution in [3.05, 3.63) is 71.8 Å². The minimum Gasteiger partial charge on any atom is -0.458 e. The Balaban J connectivity index is 2.37. The van der Waals surface area contributed by atoms with Crippen molar-refractivity contribution >= 4 is 23.9 Å². The maximum Gasteiger partial charge on any atom is 0.408 e. The van der Waals surface area contributed by atoms with Crippen LogP contribution in [-0.4, -0.2) is 59.1 Å². The van der Waals surface area contributed by atoms with Crippen LogP contribution in [0.4, 0.5) is 4.79 Å². The van der Waals surface area contributed by atoms with Gasteiger partial charge in [0.15, 0.2) is 0 Å². The summed E-state index contributed by atoms with van der Waals surface area (Å²) >= 11 is 0. The molecule has 0 aliphatic heterocycles. The lowest BCUT2D eigenvalue weighted by molar-refractivity contribution is -0.159. The number of rotatable bonds is 11. The van der Waals surface area contributed by atoms with Crippen molar-refractivity contribution in [3.8, 4) is 0 Å².